The number of aryl methyl sites for hydroxylation is 2. The molecular weight excluding hydrogens is 250 g/mol. The van der Waals surface area contributed by atoms with Crippen molar-refractivity contribution in [2.24, 2.45) is 13.0 Å². The molecule has 0 aliphatic rings. The van der Waals surface area contributed by atoms with E-state index in [2.05, 4.69) is 31.9 Å². The number of ether oxygens (including phenoxy) is 1. The fraction of sp³-hybridized carbons (Fsp3) is 0.438. The lowest BCUT2D eigenvalue weighted by atomic mass is 9.98. The summed E-state index contributed by atoms with van der Waals surface area (Å²) in [6, 6.07) is 6.12. The number of hydrogen-bond donors (Lipinski definition) is 1. The van der Waals surface area contributed by atoms with Crippen LogP contribution < -0.4 is 10.5 Å². The van der Waals surface area contributed by atoms with Gasteiger partial charge in [0.15, 0.2) is 0 Å². The van der Waals surface area contributed by atoms with E-state index in [0.717, 1.165) is 34.8 Å². The maximum absolute atomic E-state index is 6.18. The lowest BCUT2D eigenvalue weighted by Gasteiger charge is -2.11. The maximum atomic E-state index is 6.18. The molecule has 4 nitrogen and oxygen atoms in total. The molecule has 4 heteroatoms. The van der Waals surface area contributed by atoms with Gasteiger partial charge in [-0.1, -0.05) is 25.5 Å². The minimum absolute atomic E-state index is 0.524. The van der Waals surface area contributed by atoms with Gasteiger partial charge in [0.05, 0.1) is 7.11 Å². The zero-order chi connectivity index (χ0) is 14.9. The number of hydrogen-bond acceptors (Lipinski definition) is 3. The molecule has 0 unspecified atom stereocenters. The third-order valence-electron chi connectivity index (χ3n) is 3.42. The third kappa shape index (κ3) is 2.64. The van der Waals surface area contributed by atoms with Crippen molar-refractivity contribution in [3.05, 3.63) is 29.3 Å². The Morgan fingerprint density at radius 1 is 1.35 bits per heavy atom. The van der Waals surface area contributed by atoms with Crippen LogP contribution in [0.4, 0.5) is 5.82 Å². The van der Waals surface area contributed by atoms with Crippen LogP contribution in [0.2, 0.25) is 0 Å². The van der Waals surface area contributed by atoms with Crippen LogP contribution in [-0.4, -0.2) is 16.9 Å². The molecule has 108 valence electrons. The van der Waals surface area contributed by atoms with E-state index in [0.29, 0.717) is 5.92 Å². The van der Waals surface area contributed by atoms with E-state index in [1.54, 1.807) is 11.8 Å². The van der Waals surface area contributed by atoms with Crippen LogP contribution >= 0.6 is 0 Å². The summed E-state index contributed by atoms with van der Waals surface area (Å²) < 4.78 is 7.22. The van der Waals surface area contributed by atoms with Crippen molar-refractivity contribution in [2.45, 2.75) is 27.2 Å². The van der Waals surface area contributed by atoms with Gasteiger partial charge in [-0.25, -0.2) is 0 Å². The van der Waals surface area contributed by atoms with Crippen molar-refractivity contribution in [3.63, 3.8) is 0 Å². The van der Waals surface area contributed by atoms with E-state index in [-0.39, 0.29) is 0 Å². The Bertz CT molecular complexity index is 614. The first-order valence-corrected chi connectivity index (χ1v) is 6.90. The highest BCUT2D eigenvalue weighted by molar-refractivity contribution is 5.74. The molecule has 0 bridgehead atoms. The Labute approximate surface area is 120 Å². The molecule has 1 aromatic heterocycles. The van der Waals surface area contributed by atoms with Crippen molar-refractivity contribution in [1.29, 1.82) is 0 Å². The number of rotatable bonds is 4. The van der Waals surface area contributed by atoms with E-state index in [4.69, 9.17) is 10.5 Å². The predicted molar refractivity (Wildman–Crippen MR) is 82.9 cm³/mol. The fourth-order valence-electron chi connectivity index (χ4n) is 2.41. The number of nitrogens with two attached hydrogens (primary N) is 1. The predicted octanol–water partition coefficient (Wildman–Crippen LogP) is 3.18. The smallest absolute Gasteiger partial charge is 0.128 e. The van der Waals surface area contributed by atoms with E-state index in [9.17, 15) is 0 Å². The second kappa shape index (κ2) is 5.57. The molecule has 2 rings (SSSR count). The summed E-state index contributed by atoms with van der Waals surface area (Å²) in [4.78, 5) is 0. The van der Waals surface area contributed by atoms with Crippen LogP contribution in [0.5, 0.6) is 5.75 Å². The largest absolute Gasteiger partial charge is 0.496 e. The second-order valence-corrected chi connectivity index (χ2v) is 5.64. The topological polar surface area (TPSA) is 53.1 Å². The zero-order valence-corrected chi connectivity index (χ0v) is 12.9. The van der Waals surface area contributed by atoms with Crippen LogP contribution in [0.15, 0.2) is 18.2 Å². The Balaban J connectivity index is 2.63. The number of anilines is 1. The summed E-state index contributed by atoms with van der Waals surface area (Å²) in [7, 11) is 3.56. The highest BCUT2D eigenvalue weighted by Crippen LogP contribution is 2.35. The molecule has 0 saturated carbocycles. The molecule has 20 heavy (non-hydrogen) atoms. The van der Waals surface area contributed by atoms with Crippen molar-refractivity contribution >= 4 is 5.82 Å². The lowest BCUT2D eigenvalue weighted by molar-refractivity contribution is 0.416. The number of benzene rings is 1. The lowest BCUT2D eigenvalue weighted by Crippen LogP contribution is -2.02. The van der Waals surface area contributed by atoms with Crippen molar-refractivity contribution in [3.8, 4) is 17.0 Å². The van der Waals surface area contributed by atoms with Gasteiger partial charge in [-0.3, -0.25) is 4.68 Å². The van der Waals surface area contributed by atoms with Gasteiger partial charge in [0, 0.05) is 18.2 Å². The fourth-order valence-corrected chi connectivity index (χ4v) is 2.41. The zero-order valence-electron chi connectivity index (χ0n) is 12.9. The molecule has 0 radical (unpaired) electrons. The highest BCUT2D eigenvalue weighted by atomic mass is 16.5. The maximum Gasteiger partial charge on any atom is 0.128 e. The van der Waals surface area contributed by atoms with Crippen molar-refractivity contribution in [2.75, 3.05) is 12.8 Å². The number of nitrogen functional groups attached to an aromatic ring is 1. The second-order valence-electron chi connectivity index (χ2n) is 5.64. The monoisotopic (exact) mass is 273 g/mol. The first-order valence-electron chi connectivity index (χ1n) is 6.90. The number of nitrogens with zero attached hydrogens (tertiary/aromatic N) is 2. The van der Waals surface area contributed by atoms with Gasteiger partial charge in [0.1, 0.15) is 17.3 Å². The Kier molecular flexibility index (Phi) is 4.02. The molecule has 1 heterocycles. The third-order valence-corrected chi connectivity index (χ3v) is 3.42. The Hall–Kier alpha value is -1.97. The highest BCUT2D eigenvalue weighted by Gasteiger charge is 2.19. The summed E-state index contributed by atoms with van der Waals surface area (Å²) in [5.74, 6) is 2.09. The van der Waals surface area contributed by atoms with Gasteiger partial charge in [-0.05, 0) is 31.4 Å². The van der Waals surface area contributed by atoms with E-state index in [1.165, 1.54) is 5.56 Å². The molecule has 1 aromatic carbocycles. The van der Waals surface area contributed by atoms with Crippen LogP contribution in [-0.2, 0) is 13.5 Å². The SMILES string of the molecule is COc1ccc(C)cc1-c1nn(C)c(N)c1CC(C)C. The Morgan fingerprint density at radius 3 is 2.65 bits per heavy atom. The van der Waals surface area contributed by atoms with Gasteiger partial charge in [0.25, 0.3) is 0 Å². The first kappa shape index (κ1) is 14.4. The summed E-state index contributed by atoms with van der Waals surface area (Å²) in [6.45, 7) is 6.44. The summed E-state index contributed by atoms with van der Waals surface area (Å²) in [5, 5.41) is 4.59. The number of methoxy groups -OCH3 is 1. The standard InChI is InChI=1S/C16H23N3O/c1-10(2)8-13-15(18-19(4)16(13)17)12-9-11(3)6-7-14(12)20-5/h6-7,9-10H,8,17H2,1-5H3. The average Bonchev–Trinajstić information content (AvgIpc) is 2.66. The summed E-state index contributed by atoms with van der Waals surface area (Å²) in [5.41, 5.74) is 10.4. The Morgan fingerprint density at radius 2 is 2.05 bits per heavy atom. The van der Waals surface area contributed by atoms with Gasteiger partial charge < -0.3 is 10.5 Å². The first-order chi connectivity index (χ1) is 9.43. The molecule has 2 N–H and O–H groups in total. The van der Waals surface area contributed by atoms with Crippen LogP contribution in [0.1, 0.15) is 25.0 Å². The molecular formula is C16H23N3O. The molecule has 0 amide bonds. The minimum Gasteiger partial charge on any atom is -0.496 e. The van der Waals surface area contributed by atoms with Gasteiger partial charge in [-0.15, -0.1) is 0 Å². The molecule has 0 atom stereocenters. The van der Waals surface area contributed by atoms with Crippen molar-refractivity contribution in [1.82, 2.24) is 9.78 Å². The van der Waals surface area contributed by atoms with Gasteiger partial charge in [-0.2, -0.15) is 5.10 Å². The van der Waals surface area contributed by atoms with Crippen molar-refractivity contribution < 1.29 is 4.74 Å². The quantitative estimate of drug-likeness (QED) is 0.930. The molecule has 0 saturated heterocycles. The van der Waals surface area contributed by atoms with E-state index in [1.807, 2.05) is 19.2 Å². The molecule has 0 aliphatic heterocycles. The van der Waals surface area contributed by atoms with E-state index >= 15 is 0 Å². The van der Waals surface area contributed by atoms with Gasteiger partial charge >= 0.3 is 0 Å². The van der Waals surface area contributed by atoms with Crippen LogP contribution in [0.25, 0.3) is 11.3 Å². The molecule has 0 spiro atoms. The van der Waals surface area contributed by atoms with Crippen LogP contribution in [0.3, 0.4) is 0 Å². The van der Waals surface area contributed by atoms with Gasteiger partial charge in [0.2, 0.25) is 0 Å². The average molecular weight is 273 g/mol. The summed E-state index contributed by atoms with van der Waals surface area (Å²) in [6.07, 6.45) is 0.909. The molecule has 2 aromatic rings. The normalized spacial score (nSPS) is 11.1. The number of aromatic nitrogens is 2. The molecule has 0 fully saturated rings. The molecule has 0 aliphatic carbocycles. The van der Waals surface area contributed by atoms with E-state index < -0.39 is 0 Å². The summed E-state index contributed by atoms with van der Waals surface area (Å²) >= 11 is 0. The minimum atomic E-state index is 0.524. The van der Waals surface area contributed by atoms with Crippen LogP contribution in [0, 0.1) is 12.8 Å².